The van der Waals surface area contributed by atoms with Crippen LogP contribution in [0.2, 0.25) is 0 Å². The van der Waals surface area contributed by atoms with E-state index >= 15 is 0 Å². The van der Waals surface area contributed by atoms with Gasteiger partial charge < -0.3 is 11.1 Å². The van der Waals surface area contributed by atoms with Crippen molar-refractivity contribution in [1.82, 2.24) is 14.5 Å². The van der Waals surface area contributed by atoms with Gasteiger partial charge in [0.1, 0.15) is 11.2 Å². The summed E-state index contributed by atoms with van der Waals surface area (Å²) >= 11 is 1.19. The average Bonchev–Trinajstić information content (AvgIpc) is 3.27. The van der Waals surface area contributed by atoms with Gasteiger partial charge in [0.25, 0.3) is 5.56 Å². The number of benzene rings is 2. The second-order valence-corrected chi connectivity index (χ2v) is 8.13. The molecule has 2 heterocycles. The van der Waals surface area contributed by atoms with Crippen LogP contribution in [0.5, 0.6) is 0 Å². The fourth-order valence-electron chi connectivity index (χ4n) is 3.43. The summed E-state index contributed by atoms with van der Waals surface area (Å²) < 4.78 is 2.57. The summed E-state index contributed by atoms with van der Waals surface area (Å²) in [5.74, 6) is -0.816. The lowest BCUT2D eigenvalue weighted by Crippen LogP contribution is -2.40. The van der Waals surface area contributed by atoms with Crippen LogP contribution < -0.4 is 22.3 Å². The first-order valence-corrected chi connectivity index (χ1v) is 10.7. The molecule has 2 aromatic heterocycles. The summed E-state index contributed by atoms with van der Waals surface area (Å²) in [5.41, 5.74) is 6.65. The smallest absolute Gasteiger partial charge is 0.336 e. The van der Waals surface area contributed by atoms with Crippen molar-refractivity contribution in [1.29, 1.82) is 0 Å². The molecule has 0 saturated carbocycles. The highest BCUT2D eigenvalue weighted by molar-refractivity contribution is 7.17. The largest absolute Gasteiger partial charge is 0.368 e. The van der Waals surface area contributed by atoms with Gasteiger partial charge in [-0.1, -0.05) is 42.5 Å². The summed E-state index contributed by atoms with van der Waals surface area (Å²) in [6.07, 6.45) is 0.165. The number of fused-ring (bicyclic) bond motifs is 1. The van der Waals surface area contributed by atoms with Crippen molar-refractivity contribution in [2.75, 3.05) is 0 Å². The third kappa shape index (κ3) is 4.37. The Bertz CT molecular complexity index is 1400. The molecule has 0 aliphatic carbocycles. The summed E-state index contributed by atoms with van der Waals surface area (Å²) in [6.45, 7) is 0.111. The Balaban J connectivity index is 1.58. The van der Waals surface area contributed by atoms with Crippen LogP contribution >= 0.6 is 11.3 Å². The van der Waals surface area contributed by atoms with E-state index in [1.807, 2.05) is 30.3 Å². The van der Waals surface area contributed by atoms with Crippen molar-refractivity contribution in [2.45, 2.75) is 19.5 Å². The van der Waals surface area contributed by atoms with Gasteiger partial charge in [-0.25, -0.2) is 9.36 Å². The molecule has 2 aromatic carbocycles. The SMILES string of the molecule is NC(=O)Cn1c(=O)n(-c2ccc(CC(=O)NCc3ccccc3)cc2)c(=O)c2sccc21. The second kappa shape index (κ2) is 9.03. The van der Waals surface area contributed by atoms with Crippen molar-refractivity contribution in [3.63, 3.8) is 0 Å². The lowest BCUT2D eigenvalue weighted by Gasteiger charge is -2.11. The third-order valence-corrected chi connectivity index (χ3v) is 5.85. The molecule has 8 nitrogen and oxygen atoms in total. The number of carbonyl (C=O) groups excluding carboxylic acids is 2. The number of hydrogen-bond donors (Lipinski definition) is 2. The summed E-state index contributed by atoms with van der Waals surface area (Å²) in [5, 5.41) is 4.55. The zero-order valence-electron chi connectivity index (χ0n) is 17.0. The van der Waals surface area contributed by atoms with Crippen LogP contribution in [-0.2, 0) is 29.1 Å². The third-order valence-electron chi connectivity index (χ3n) is 4.96. The normalized spacial score (nSPS) is 10.9. The van der Waals surface area contributed by atoms with Gasteiger partial charge in [-0.3, -0.25) is 19.0 Å². The van der Waals surface area contributed by atoms with Gasteiger partial charge in [0.2, 0.25) is 11.8 Å². The van der Waals surface area contributed by atoms with Crippen LogP contribution in [-0.4, -0.2) is 20.9 Å². The molecule has 0 spiro atoms. The van der Waals surface area contributed by atoms with E-state index in [1.54, 1.807) is 35.7 Å². The Kier molecular flexibility index (Phi) is 6.00. The first-order chi connectivity index (χ1) is 15.4. The first kappa shape index (κ1) is 21.3. The number of nitrogens with zero attached hydrogens (tertiary/aromatic N) is 2. The quantitative estimate of drug-likeness (QED) is 0.446. The highest BCUT2D eigenvalue weighted by Crippen LogP contribution is 2.16. The van der Waals surface area contributed by atoms with Crippen LogP contribution in [0, 0.1) is 0 Å². The van der Waals surface area contributed by atoms with Crippen molar-refractivity contribution in [3.05, 3.63) is 98.0 Å². The van der Waals surface area contributed by atoms with E-state index < -0.39 is 17.2 Å². The minimum Gasteiger partial charge on any atom is -0.368 e. The van der Waals surface area contributed by atoms with E-state index in [-0.39, 0.29) is 18.9 Å². The lowest BCUT2D eigenvalue weighted by atomic mass is 10.1. The fourth-order valence-corrected chi connectivity index (χ4v) is 4.25. The number of primary amides is 1. The van der Waals surface area contributed by atoms with Gasteiger partial charge in [0.05, 0.1) is 17.6 Å². The molecule has 0 atom stereocenters. The fraction of sp³-hybridized carbons (Fsp3) is 0.130. The van der Waals surface area contributed by atoms with E-state index in [4.69, 9.17) is 5.73 Å². The molecular formula is C23H20N4O4S. The number of nitrogens with one attached hydrogen (secondary N) is 1. The first-order valence-electron chi connectivity index (χ1n) is 9.85. The van der Waals surface area contributed by atoms with E-state index in [2.05, 4.69) is 5.32 Å². The molecule has 0 bridgehead atoms. The molecule has 0 aliphatic heterocycles. The molecule has 0 radical (unpaired) electrons. The van der Waals surface area contributed by atoms with Crippen molar-refractivity contribution in [2.24, 2.45) is 5.73 Å². The molecule has 2 amide bonds. The highest BCUT2D eigenvalue weighted by Gasteiger charge is 2.17. The van der Waals surface area contributed by atoms with Crippen molar-refractivity contribution < 1.29 is 9.59 Å². The van der Waals surface area contributed by atoms with Gasteiger partial charge >= 0.3 is 5.69 Å². The number of thiophene rings is 1. The molecule has 4 rings (SSSR count). The van der Waals surface area contributed by atoms with Gasteiger partial charge in [-0.15, -0.1) is 11.3 Å². The number of carbonyl (C=O) groups is 2. The Morgan fingerprint density at radius 1 is 0.938 bits per heavy atom. The van der Waals surface area contributed by atoms with E-state index in [0.717, 1.165) is 15.7 Å². The maximum absolute atomic E-state index is 13.0. The van der Waals surface area contributed by atoms with Gasteiger partial charge in [-0.2, -0.15) is 0 Å². The minimum absolute atomic E-state index is 0.136. The Morgan fingerprint density at radius 2 is 1.66 bits per heavy atom. The zero-order valence-corrected chi connectivity index (χ0v) is 17.8. The maximum atomic E-state index is 13.0. The summed E-state index contributed by atoms with van der Waals surface area (Å²) in [6, 6.07) is 17.8. The maximum Gasteiger partial charge on any atom is 0.336 e. The Morgan fingerprint density at radius 3 is 2.34 bits per heavy atom. The van der Waals surface area contributed by atoms with E-state index in [0.29, 0.717) is 22.4 Å². The van der Waals surface area contributed by atoms with Crippen LogP contribution in [0.15, 0.2) is 75.6 Å². The zero-order chi connectivity index (χ0) is 22.7. The van der Waals surface area contributed by atoms with E-state index in [1.165, 1.54) is 15.9 Å². The van der Waals surface area contributed by atoms with Gasteiger partial charge in [-0.05, 0) is 34.7 Å². The van der Waals surface area contributed by atoms with Crippen LogP contribution in [0.4, 0.5) is 0 Å². The highest BCUT2D eigenvalue weighted by atomic mass is 32.1. The molecule has 3 N–H and O–H groups in total. The van der Waals surface area contributed by atoms with E-state index in [9.17, 15) is 19.2 Å². The van der Waals surface area contributed by atoms with Crippen LogP contribution in [0.25, 0.3) is 15.9 Å². The van der Waals surface area contributed by atoms with Crippen LogP contribution in [0.3, 0.4) is 0 Å². The summed E-state index contributed by atoms with van der Waals surface area (Å²) in [4.78, 5) is 49.6. The Labute approximate surface area is 186 Å². The topological polar surface area (TPSA) is 116 Å². The predicted octanol–water partition coefficient (Wildman–Crippen LogP) is 1.56. The van der Waals surface area contributed by atoms with Crippen molar-refractivity contribution in [3.8, 4) is 5.69 Å². The van der Waals surface area contributed by atoms with Gasteiger partial charge in [0, 0.05) is 6.54 Å². The average molecular weight is 449 g/mol. The standard InChI is InChI=1S/C23H20N4O4S/c24-19(28)14-26-18-10-11-32-21(18)22(30)27(23(26)31)17-8-6-15(7-9-17)12-20(29)25-13-16-4-2-1-3-5-16/h1-11H,12-14H2,(H2,24,28)(H,25,29). The minimum atomic E-state index is -0.679. The van der Waals surface area contributed by atoms with Gasteiger partial charge in [0.15, 0.2) is 0 Å². The number of hydrogen-bond acceptors (Lipinski definition) is 5. The molecule has 162 valence electrons. The number of rotatable bonds is 7. The molecule has 0 unspecified atom stereocenters. The number of amides is 2. The number of nitrogens with two attached hydrogens (primary N) is 1. The van der Waals surface area contributed by atoms with Crippen molar-refractivity contribution >= 4 is 33.4 Å². The second-order valence-electron chi connectivity index (χ2n) is 7.22. The Hall–Kier alpha value is -3.98. The monoisotopic (exact) mass is 448 g/mol. The molecule has 4 aromatic rings. The number of aromatic nitrogens is 2. The molecule has 9 heteroatoms. The molecule has 32 heavy (non-hydrogen) atoms. The van der Waals surface area contributed by atoms with Crippen LogP contribution in [0.1, 0.15) is 11.1 Å². The predicted molar refractivity (Wildman–Crippen MR) is 123 cm³/mol. The summed E-state index contributed by atoms with van der Waals surface area (Å²) in [7, 11) is 0. The lowest BCUT2D eigenvalue weighted by molar-refractivity contribution is -0.120. The molecular weight excluding hydrogens is 428 g/mol. The molecule has 0 saturated heterocycles. The molecule has 0 fully saturated rings. The molecule has 0 aliphatic rings.